The molecule has 0 aromatic rings. The molecule has 0 radical (unpaired) electrons. The van der Waals surface area contributed by atoms with Gasteiger partial charge in [0, 0.05) is 57.5 Å². The quantitative estimate of drug-likeness (QED) is 0.678. The largest absolute Gasteiger partial charge is 0.379 e. The van der Waals surface area contributed by atoms with Gasteiger partial charge in [0.1, 0.15) is 0 Å². The molecule has 4 unspecified atom stereocenters. The van der Waals surface area contributed by atoms with Gasteiger partial charge in [-0.15, -0.1) is 0 Å². The smallest absolute Gasteiger partial charge is 0.0825 e. The van der Waals surface area contributed by atoms with Gasteiger partial charge in [0.05, 0.1) is 6.10 Å². The second-order valence-corrected chi connectivity index (χ2v) is 8.90. The fourth-order valence-electron chi connectivity index (χ4n) is 5.00. The first kappa shape index (κ1) is 18.6. The van der Waals surface area contributed by atoms with Crippen molar-refractivity contribution in [1.82, 2.24) is 14.7 Å². The first-order valence-electron chi connectivity index (χ1n) is 10.2. The first-order valence-corrected chi connectivity index (χ1v) is 10.2. The highest BCUT2D eigenvalue weighted by Gasteiger charge is 2.36. The van der Waals surface area contributed by atoms with Gasteiger partial charge >= 0.3 is 0 Å². The van der Waals surface area contributed by atoms with E-state index in [1.807, 2.05) is 7.11 Å². The van der Waals surface area contributed by atoms with Gasteiger partial charge in [0.25, 0.3) is 0 Å². The predicted molar refractivity (Wildman–Crippen MR) is 100 cm³/mol. The van der Waals surface area contributed by atoms with Crippen molar-refractivity contribution in [2.45, 2.75) is 83.6 Å². The van der Waals surface area contributed by atoms with E-state index in [0.29, 0.717) is 6.10 Å². The van der Waals surface area contributed by atoms with E-state index in [1.165, 1.54) is 45.3 Å². The average Bonchev–Trinajstić information content (AvgIpc) is 2.90. The van der Waals surface area contributed by atoms with Crippen molar-refractivity contribution in [2.24, 2.45) is 5.92 Å². The van der Waals surface area contributed by atoms with E-state index < -0.39 is 0 Å². The van der Waals surface area contributed by atoms with Crippen molar-refractivity contribution in [3.8, 4) is 0 Å². The molecule has 3 heterocycles. The summed E-state index contributed by atoms with van der Waals surface area (Å²) in [6.45, 7) is 15.8. The maximum Gasteiger partial charge on any atom is 0.0825 e. The summed E-state index contributed by atoms with van der Waals surface area (Å²) in [5.74, 6) is 0.895. The molecule has 4 nitrogen and oxygen atoms in total. The van der Waals surface area contributed by atoms with Gasteiger partial charge in [-0.3, -0.25) is 9.80 Å². The van der Waals surface area contributed by atoms with Gasteiger partial charge in [-0.2, -0.15) is 0 Å². The van der Waals surface area contributed by atoms with Crippen LogP contribution in [0.1, 0.15) is 53.4 Å². The van der Waals surface area contributed by atoms with Crippen LogP contribution in [0.4, 0.5) is 0 Å². The fourth-order valence-corrected chi connectivity index (χ4v) is 5.00. The van der Waals surface area contributed by atoms with Crippen LogP contribution in [0.5, 0.6) is 0 Å². The topological polar surface area (TPSA) is 19.0 Å². The number of methoxy groups -OCH3 is 1. The summed E-state index contributed by atoms with van der Waals surface area (Å²) >= 11 is 0. The molecule has 4 atom stereocenters. The molecule has 3 aliphatic rings. The lowest BCUT2D eigenvalue weighted by molar-refractivity contribution is -0.0509. The van der Waals surface area contributed by atoms with Crippen molar-refractivity contribution >= 4 is 0 Å². The van der Waals surface area contributed by atoms with Gasteiger partial charge in [0.2, 0.25) is 0 Å². The highest BCUT2D eigenvalue weighted by atomic mass is 16.5. The Kier molecular flexibility index (Phi) is 6.23. The predicted octanol–water partition coefficient (Wildman–Crippen LogP) is 2.68. The molecule has 0 spiro atoms. The molecule has 3 saturated heterocycles. The first-order chi connectivity index (χ1) is 11.5. The van der Waals surface area contributed by atoms with E-state index in [9.17, 15) is 0 Å². The Balaban J connectivity index is 1.37. The van der Waals surface area contributed by atoms with Crippen molar-refractivity contribution in [2.75, 3.05) is 39.8 Å². The summed E-state index contributed by atoms with van der Waals surface area (Å²) in [7, 11) is 1.84. The Bertz CT molecular complexity index is 396. The van der Waals surface area contributed by atoms with E-state index in [-0.39, 0.29) is 0 Å². The molecule has 0 bridgehead atoms. The highest BCUT2D eigenvalue weighted by molar-refractivity contribution is 4.91. The fraction of sp³-hybridized carbons (Fsp3) is 1.00. The van der Waals surface area contributed by atoms with Crippen LogP contribution in [0, 0.1) is 5.92 Å². The molecular formula is C20H39N3O. The molecule has 4 heteroatoms. The standard InChI is InChI=1S/C20H39N3O/c1-15(2)23-9-7-19(23)11-17(4)21-8-6-18(12-21)10-16(3)22-13-20(14-22)24-5/h15-20H,6-14H2,1-5H3. The Hall–Kier alpha value is -0.160. The summed E-state index contributed by atoms with van der Waals surface area (Å²) in [6, 6.07) is 3.03. The second kappa shape index (κ2) is 8.03. The van der Waals surface area contributed by atoms with Crippen LogP contribution in [0.15, 0.2) is 0 Å². The Morgan fingerprint density at radius 2 is 1.58 bits per heavy atom. The zero-order chi connectivity index (χ0) is 17.3. The highest BCUT2D eigenvalue weighted by Crippen LogP contribution is 2.30. The average molecular weight is 338 g/mol. The minimum absolute atomic E-state index is 0.485. The molecule has 3 aliphatic heterocycles. The van der Waals surface area contributed by atoms with Gasteiger partial charge in [-0.25, -0.2) is 0 Å². The summed E-state index contributed by atoms with van der Waals surface area (Å²) in [5.41, 5.74) is 0. The molecule has 0 saturated carbocycles. The third-order valence-electron chi connectivity index (χ3n) is 6.91. The summed E-state index contributed by atoms with van der Waals surface area (Å²) in [4.78, 5) is 8.04. The number of hydrogen-bond donors (Lipinski definition) is 0. The van der Waals surface area contributed by atoms with E-state index in [2.05, 4.69) is 42.4 Å². The lowest BCUT2D eigenvalue weighted by Gasteiger charge is -2.46. The zero-order valence-electron chi connectivity index (χ0n) is 16.6. The van der Waals surface area contributed by atoms with Crippen LogP contribution in [0.2, 0.25) is 0 Å². The minimum atomic E-state index is 0.485. The van der Waals surface area contributed by atoms with E-state index in [4.69, 9.17) is 4.74 Å². The molecule has 0 aromatic heterocycles. The van der Waals surface area contributed by atoms with Gasteiger partial charge in [-0.1, -0.05) is 0 Å². The van der Waals surface area contributed by atoms with Gasteiger partial charge < -0.3 is 9.64 Å². The van der Waals surface area contributed by atoms with Crippen LogP contribution in [0.25, 0.3) is 0 Å². The number of ether oxygens (including phenoxy) is 1. The zero-order valence-corrected chi connectivity index (χ0v) is 16.6. The van der Waals surface area contributed by atoms with Crippen molar-refractivity contribution in [1.29, 1.82) is 0 Å². The third-order valence-corrected chi connectivity index (χ3v) is 6.91. The normalized spacial score (nSPS) is 32.8. The van der Waals surface area contributed by atoms with E-state index >= 15 is 0 Å². The van der Waals surface area contributed by atoms with Gasteiger partial charge in [0.15, 0.2) is 0 Å². The lowest BCUT2D eigenvalue weighted by Crippen LogP contribution is -2.55. The Morgan fingerprint density at radius 3 is 2.17 bits per heavy atom. The molecule has 0 N–H and O–H groups in total. The van der Waals surface area contributed by atoms with Crippen LogP contribution < -0.4 is 0 Å². The van der Waals surface area contributed by atoms with Crippen LogP contribution >= 0.6 is 0 Å². The lowest BCUT2D eigenvalue weighted by atomic mass is 9.93. The van der Waals surface area contributed by atoms with Crippen molar-refractivity contribution in [3.63, 3.8) is 0 Å². The molecule has 140 valence electrons. The monoisotopic (exact) mass is 337 g/mol. The van der Waals surface area contributed by atoms with E-state index in [1.54, 1.807) is 0 Å². The minimum Gasteiger partial charge on any atom is -0.379 e. The van der Waals surface area contributed by atoms with Crippen LogP contribution in [-0.2, 0) is 4.74 Å². The summed E-state index contributed by atoms with van der Waals surface area (Å²) in [6.07, 6.45) is 6.02. The number of nitrogens with zero attached hydrogens (tertiary/aromatic N) is 3. The molecule has 0 aliphatic carbocycles. The van der Waals surface area contributed by atoms with Gasteiger partial charge in [-0.05, 0) is 65.8 Å². The third kappa shape index (κ3) is 4.14. The second-order valence-electron chi connectivity index (χ2n) is 8.90. The maximum atomic E-state index is 5.41. The number of rotatable bonds is 8. The summed E-state index contributed by atoms with van der Waals surface area (Å²) < 4.78 is 5.41. The molecule has 0 amide bonds. The molecule has 24 heavy (non-hydrogen) atoms. The summed E-state index contributed by atoms with van der Waals surface area (Å²) in [5, 5.41) is 0. The van der Waals surface area contributed by atoms with E-state index in [0.717, 1.165) is 43.2 Å². The Morgan fingerprint density at radius 1 is 0.875 bits per heavy atom. The Labute approximate surface area is 149 Å². The van der Waals surface area contributed by atoms with Crippen LogP contribution in [-0.4, -0.2) is 84.8 Å². The maximum absolute atomic E-state index is 5.41. The number of hydrogen-bond acceptors (Lipinski definition) is 4. The van der Waals surface area contributed by atoms with Crippen LogP contribution in [0.3, 0.4) is 0 Å². The van der Waals surface area contributed by atoms with Crippen molar-refractivity contribution < 1.29 is 4.74 Å². The molecule has 3 fully saturated rings. The number of likely N-dealkylation sites (tertiary alicyclic amines) is 3. The molecule has 0 aromatic carbocycles. The SMILES string of the molecule is COC1CN(C(C)CC2CCN(C(C)CC3CCN3C(C)C)C2)C1. The molecular weight excluding hydrogens is 298 g/mol. The van der Waals surface area contributed by atoms with Crippen molar-refractivity contribution in [3.05, 3.63) is 0 Å². The molecule has 3 rings (SSSR count).